The van der Waals surface area contributed by atoms with Gasteiger partial charge in [0.05, 0.1) is 5.69 Å². The lowest BCUT2D eigenvalue weighted by Gasteiger charge is -2.32. The predicted molar refractivity (Wildman–Crippen MR) is 247 cm³/mol. The van der Waals surface area contributed by atoms with Crippen LogP contribution in [0.4, 0.5) is 17.1 Å². The lowest BCUT2D eigenvalue weighted by atomic mass is 9.74. The van der Waals surface area contributed by atoms with Gasteiger partial charge in [0, 0.05) is 27.8 Å². The average Bonchev–Trinajstić information content (AvgIpc) is 3.73. The molecule has 0 spiro atoms. The zero-order valence-corrected chi connectivity index (χ0v) is 33.3. The Morgan fingerprint density at radius 1 is 0.288 bits per heavy atom. The normalized spacial score (nSPS) is 17.1. The van der Waals surface area contributed by atoms with Crippen molar-refractivity contribution in [2.75, 3.05) is 4.90 Å². The quantitative estimate of drug-likeness (QED) is 0.157. The van der Waals surface area contributed by atoms with Crippen LogP contribution in [0.15, 0.2) is 224 Å². The first-order valence-electron chi connectivity index (χ1n) is 20.7. The molecule has 0 saturated carbocycles. The van der Waals surface area contributed by atoms with Crippen LogP contribution in [0.1, 0.15) is 47.2 Å². The molecule has 11 rings (SSSR count). The maximum Gasteiger partial charge on any atom is 0.0540 e. The molecule has 0 fully saturated rings. The Kier molecular flexibility index (Phi) is 8.13. The van der Waals surface area contributed by atoms with Gasteiger partial charge in [-0.05, 0) is 123 Å². The number of benzene rings is 9. The minimum Gasteiger partial charge on any atom is -0.310 e. The lowest BCUT2D eigenvalue weighted by molar-refractivity contribution is 0.714. The molecule has 1 heteroatoms. The highest BCUT2D eigenvalue weighted by atomic mass is 15.1. The van der Waals surface area contributed by atoms with E-state index in [1.807, 2.05) is 0 Å². The monoisotopic (exact) mass is 753 g/mol. The van der Waals surface area contributed by atoms with Crippen molar-refractivity contribution in [3.05, 3.63) is 258 Å². The number of para-hydroxylation sites is 1. The van der Waals surface area contributed by atoms with Crippen LogP contribution in [0.5, 0.6) is 0 Å². The van der Waals surface area contributed by atoms with E-state index in [4.69, 9.17) is 0 Å². The second-order valence-corrected chi connectivity index (χ2v) is 16.3. The van der Waals surface area contributed by atoms with E-state index in [1.54, 1.807) is 0 Å². The number of fused-ring (bicyclic) bond motifs is 6. The maximum atomic E-state index is 2.47. The van der Waals surface area contributed by atoms with Crippen molar-refractivity contribution in [1.82, 2.24) is 0 Å². The topological polar surface area (TPSA) is 3.24 Å². The summed E-state index contributed by atoms with van der Waals surface area (Å²) < 4.78 is 0. The van der Waals surface area contributed by atoms with Gasteiger partial charge in [0.15, 0.2) is 0 Å². The van der Waals surface area contributed by atoms with Gasteiger partial charge >= 0.3 is 0 Å². The second-order valence-electron chi connectivity index (χ2n) is 16.3. The molecule has 9 aromatic carbocycles. The van der Waals surface area contributed by atoms with E-state index in [1.165, 1.54) is 77.9 Å². The fourth-order valence-electron chi connectivity index (χ4n) is 10.2. The smallest absolute Gasteiger partial charge is 0.0540 e. The maximum absolute atomic E-state index is 2.47. The zero-order chi connectivity index (χ0) is 39.6. The molecular formula is C58H43N. The molecule has 0 aromatic heterocycles. The summed E-state index contributed by atoms with van der Waals surface area (Å²) in [5, 5.41) is 0. The van der Waals surface area contributed by atoms with Crippen molar-refractivity contribution in [2.24, 2.45) is 0 Å². The molecule has 0 N–H and O–H groups in total. The number of anilines is 3. The van der Waals surface area contributed by atoms with Gasteiger partial charge in [-0.15, -0.1) is 0 Å². The summed E-state index contributed by atoms with van der Waals surface area (Å²) in [5.41, 5.74) is 20.7. The van der Waals surface area contributed by atoms with Gasteiger partial charge in [0.1, 0.15) is 0 Å². The molecule has 2 aliphatic carbocycles. The third kappa shape index (κ3) is 5.39. The molecule has 0 heterocycles. The molecule has 1 nitrogen and oxygen atoms in total. The standard InChI is InChI=1S/C58H43N/c1-57(43-20-8-4-9-21-43)52-27-15-12-25-48(52)50-36-32-42(38-54(50)57)47-24-14-17-29-56(47)59(45-33-30-41(31-34-45)40-18-6-3-7-19-40)46-35-37-51-49-26-13-16-28-53(49)58(2,55(51)39-46)44-22-10-5-11-23-44/h3-39H,1-2H3. The van der Waals surface area contributed by atoms with Crippen LogP contribution >= 0.6 is 0 Å². The molecule has 59 heavy (non-hydrogen) atoms. The third-order valence-corrected chi connectivity index (χ3v) is 13.3. The van der Waals surface area contributed by atoms with Crippen molar-refractivity contribution in [2.45, 2.75) is 24.7 Å². The number of hydrogen-bond acceptors (Lipinski definition) is 1. The molecule has 0 bridgehead atoms. The van der Waals surface area contributed by atoms with Crippen LogP contribution in [-0.2, 0) is 10.8 Å². The Bertz CT molecular complexity index is 3000. The van der Waals surface area contributed by atoms with Gasteiger partial charge in [-0.2, -0.15) is 0 Å². The zero-order valence-electron chi connectivity index (χ0n) is 33.3. The average molecular weight is 754 g/mol. The summed E-state index contributed by atoms with van der Waals surface area (Å²) in [7, 11) is 0. The van der Waals surface area contributed by atoms with Gasteiger partial charge in [0.2, 0.25) is 0 Å². The molecule has 0 saturated heterocycles. The summed E-state index contributed by atoms with van der Waals surface area (Å²) in [6, 6.07) is 82.8. The minimum absolute atomic E-state index is 0.290. The van der Waals surface area contributed by atoms with E-state index in [0.29, 0.717) is 0 Å². The van der Waals surface area contributed by atoms with E-state index >= 15 is 0 Å². The number of rotatable bonds is 7. The fraction of sp³-hybridized carbons (Fsp3) is 0.0690. The van der Waals surface area contributed by atoms with Crippen LogP contribution in [0.25, 0.3) is 44.5 Å². The SMILES string of the molecule is CC1(c2ccccc2)c2ccccc2-c2ccc(-c3ccccc3N(c3ccc(-c4ccccc4)cc3)c3ccc4c(c3)C(C)(c3ccccc3)c3ccccc3-4)cc21. The Morgan fingerprint density at radius 3 is 1.29 bits per heavy atom. The molecule has 2 atom stereocenters. The molecule has 0 aliphatic heterocycles. The summed E-state index contributed by atoms with van der Waals surface area (Å²) in [6.45, 7) is 4.80. The number of hydrogen-bond donors (Lipinski definition) is 0. The number of nitrogens with zero attached hydrogens (tertiary/aromatic N) is 1. The van der Waals surface area contributed by atoms with Gasteiger partial charge in [-0.25, -0.2) is 0 Å². The van der Waals surface area contributed by atoms with Crippen molar-refractivity contribution in [3.8, 4) is 44.5 Å². The lowest BCUT2D eigenvalue weighted by Crippen LogP contribution is -2.23. The van der Waals surface area contributed by atoms with Crippen molar-refractivity contribution >= 4 is 17.1 Å². The Morgan fingerprint density at radius 2 is 0.695 bits per heavy atom. The van der Waals surface area contributed by atoms with Crippen LogP contribution in [0.3, 0.4) is 0 Å². The second kappa shape index (κ2) is 13.7. The van der Waals surface area contributed by atoms with E-state index in [9.17, 15) is 0 Å². The summed E-state index contributed by atoms with van der Waals surface area (Å²) >= 11 is 0. The minimum atomic E-state index is -0.317. The van der Waals surface area contributed by atoms with Gasteiger partial charge in [-0.3, -0.25) is 0 Å². The van der Waals surface area contributed by atoms with Crippen LogP contribution < -0.4 is 4.90 Å². The Hall–Kier alpha value is -7.22. The Balaban J connectivity index is 1.11. The molecular weight excluding hydrogens is 711 g/mol. The van der Waals surface area contributed by atoms with Crippen LogP contribution in [-0.4, -0.2) is 0 Å². The van der Waals surface area contributed by atoms with Crippen molar-refractivity contribution < 1.29 is 0 Å². The Labute approximate surface area is 347 Å². The molecule has 9 aromatic rings. The molecule has 2 aliphatic rings. The first-order chi connectivity index (χ1) is 29.0. The van der Waals surface area contributed by atoms with Gasteiger partial charge < -0.3 is 4.90 Å². The van der Waals surface area contributed by atoms with E-state index in [0.717, 1.165) is 17.1 Å². The molecule has 0 amide bonds. The highest BCUT2D eigenvalue weighted by Crippen LogP contribution is 2.56. The van der Waals surface area contributed by atoms with Crippen LogP contribution in [0.2, 0.25) is 0 Å². The largest absolute Gasteiger partial charge is 0.310 e. The third-order valence-electron chi connectivity index (χ3n) is 13.3. The molecule has 0 radical (unpaired) electrons. The van der Waals surface area contributed by atoms with E-state index < -0.39 is 0 Å². The van der Waals surface area contributed by atoms with Gasteiger partial charge in [0.25, 0.3) is 0 Å². The van der Waals surface area contributed by atoms with E-state index in [2.05, 4.69) is 243 Å². The first-order valence-corrected chi connectivity index (χ1v) is 20.7. The predicted octanol–water partition coefficient (Wildman–Crippen LogP) is 15.2. The first kappa shape index (κ1) is 35.0. The highest BCUT2D eigenvalue weighted by molar-refractivity contribution is 5.93. The van der Waals surface area contributed by atoms with Crippen molar-refractivity contribution in [3.63, 3.8) is 0 Å². The summed E-state index contributed by atoms with van der Waals surface area (Å²) in [5.74, 6) is 0. The highest BCUT2D eigenvalue weighted by Gasteiger charge is 2.42. The fourth-order valence-corrected chi connectivity index (χ4v) is 10.2. The van der Waals surface area contributed by atoms with E-state index in [-0.39, 0.29) is 10.8 Å². The molecule has 280 valence electrons. The summed E-state index contributed by atoms with van der Waals surface area (Å²) in [4.78, 5) is 2.47. The van der Waals surface area contributed by atoms with Crippen molar-refractivity contribution in [1.29, 1.82) is 0 Å². The molecule has 2 unspecified atom stereocenters. The van der Waals surface area contributed by atoms with Gasteiger partial charge in [-0.1, -0.05) is 188 Å². The van der Waals surface area contributed by atoms with Crippen LogP contribution in [0, 0.1) is 0 Å². The summed E-state index contributed by atoms with van der Waals surface area (Å²) in [6.07, 6.45) is 0.